The maximum Gasteiger partial charge on any atom is 0.160 e. The molecule has 0 aliphatic heterocycles. The van der Waals surface area contributed by atoms with Crippen LogP contribution in [-0.2, 0) is 7.05 Å². The SMILES string of the molecule is CCOc1ccc(-c2c(Br)c(N)nn2C)cc1. The van der Waals surface area contributed by atoms with Crippen molar-refractivity contribution in [2.45, 2.75) is 6.92 Å². The van der Waals surface area contributed by atoms with Gasteiger partial charge in [0, 0.05) is 12.6 Å². The topological polar surface area (TPSA) is 53.1 Å². The van der Waals surface area contributed by atoms with Gasteiger partial charge in [-0.25, -0.2) is 0 Å². The van der Waals surface area contributed by atoms with E-state index in [0.29, 0.717) is 12.4 Å². The van der Waals surface area contributed by atoms with Crippen LogP contribution in [0.25, 0.3) is 11.3 Å². The van der Waals surface area contributed by atoms with E-state index in [1.54, 1.807) is 4.68 Å². The van der Waals surface area contributed by atoms with E-state index in [0.717, 1.165) is 21.5 Å². The van der Waals surface area contributed by atoms with Crippen LogP contribution in [0.4, 0.5) is 5.82 Å². The van der Waals surface area contributed by atoms with Gasteiger partial charge in [0.2, 0.25) is 0 Å². The molecule has 1 heterocycles. The highest BCUT2D eigenvalue weighted by Gasteiger charge is 2.13. The molecule has 0 unspecified atom stereocenters. The van der Waals surface area contributed by atoms with Gasteiger partial charge in [-0.1, -0.05) is 0 Å². The predicted molar refractivity (Wildman–Crippen MR) is 71.9 cm³/mol. The largest absolute Gasteiger partial charge is 0.494 e. The van der Waals surface area contributed by atoms with Gasteiger partial charge in [-0.3, -0.25) is 4.68 Å². The summed E-state index contributed by atoms with van der Waals surface area (Å²) in [4.78, 5) is 0. The Bertz CT molecular complexity index is 519. The zero-order valence-electron chi connectivity index (χ0n) is 9.77. The van der Waals surface area contributed by atoms with Crippen LogP contribution in [0.1, 0.15) is 6.92 Å². The molecular weight excluding hydrogens is 282 g/mol. The monoisotopic (exact) mass is 295 g/mol. The van der Waals surface area contributed by atoms with Crippen molar-refractivity contribution in [1.29, 1.82) is 0 Å². The molecule has 1 aromatic carbocycles. The fourth-order valence-corrected chi connectivity index (χ4v) is 2.27. The first-order valence-electron chi connectivity index (χ1n) is 5.34. The van der Waals surface area contributed by atoms with E-state index in [9.17, 15) is 0 Å². The van der Waals surface area contributed by atoms with Crippen molar-refractivity contribution >= 4 is 21.7 Å². The number of nitrogens with two attached hydrogens (primary N) is 1. The molecule has 0 atom stereocenters. The Morgan fingerprint density at radius 1 is 1.35 bits per heavy atom. The predicted octanol–water partition coefficient (Wildman–Crippen LogP) is 2.83. The molecule has 0 amide bonds. The summed E-state index contributed by atoms with van der Waals surface area (Å²) in [5.74, 6) is 1.36. The van der Waals surface area contributed by atoms with Crippen molar-refractivity contribution in [2.24, 2.45) is 7.05 Å². The van der Waals surface area contributed by atoms with Crippen molar-refractivity contribution in [3.8, 4) is 17.0 Å². The van der Waals surface area contributed by atoms with Crippen LogP contribution in [0, 0.1) is 0 Å². The number of halogens is 1. The second-order valence-electron chi connectivity index (χ2n) is 3.63. The second kappa shape index (κ2) is 4.79. The van der Waals surface area contributed by atoms with Gasteiger partial charge in [0.15, 0.2) is 5.82 Å². The molecule has 0 fully saturated rings. The Hall–Kier alpha value is -1.49. The van der Waals surface area contributed by atoms with E-state index in [1.807, 2.05) is 38.2 Å². The lowest BCUT2D eigenvalue weighted by atomic mass is 10.1. The standard InChI is InChI=1S/C12H14BrN3O/c1-3-17-9-6-4-8(5-7-9)11-10(13)12(14)15-16(11)2/h4-7H,3H2,1-2H3,(H2,14,15). The molecule has 17 heavy (non-hydrogen) atoms. The molecule has 0 saturated heterocycles. The molecule has 2 rings (SSSR count). The van der Waals surface area contributed by atoms with E-state index in [4.69, 9.17) is 10.5 Å². The molecule has 2 N–H and O–H groups in total. The number of rotatable bonds is 3. The lowest BCUT2D eigenvalue weighted by Crippen LogP contribution is -1.95. The Balaban J connectivity index is 2.39. The number of anilines is 1. The van der Waals surface area contributed by atoms with Crippen molar-refractivity contribution in [2.75, 3.05) is 12.3 Å². The minimum atomic E-state index is 0.497. The van der Waals surface area contributed by atoms with Gasteiger partial charge in [0.05, 0.1) is 16.8 Å². The number of ether oxygens (including phenoxy) is 1. The van der Waals surface area contributed by atoms with Crippen LogP contribution >= 0.6 is 15.9 Å². The van der Waals surface area contributed by atoms with Gasteiger partial charge in [-0.15, -0.1) is 0 Å². The second-order valence-corrected chi connectivity index (χ2v) is 4.42. The van der Waals surface area contributed by atoms with E-state index in [-0.39, 0.29) is 0 Å². The smallest absolute Gasteiger partial charge is 0.160 e. The first-order chi connectivity index (χ1) is 8.13. The minimum absolute atomic E-state index is 0.497. The number of nitrogen functional groups attached to an aromatic ring is 1. The summed E-state index contributed by atoms with van der Waals surface area (Å²) in [6.07, 6.45) is 0. The van der Waals surface area contributed by atoms with Gasteiger partial charge in [-0.2, -0.15) is 5.10 Å². The molecule has 2 aromatic rings. The third-order valence-corrected chi connectivity index (χ3v) is 3.23. The molecule has 1 aromatic heterocycles. The van der Waals surface area contributed by atoms with Crippen LogP contribution < -0.4 is 10.5 Å². The van der Waals surface area contributed by atoms with Crippen LogP contribution in [0.5, 0.6) is 5.75 Å². The van der Waals surface area contributed by atoms with Crippen molar-refractivity contribution in [3.63, 3.8) is 0 Å². The first-order valence-corrected chi connectivity index (χ1v) is 6.14. The molecule has 0 radical (unpaired) electrons. The van der Waals surface area contributed by atoms with Gasteiger partial charge in [-0.05, 0) is 47.1 Å². The molecular formula is C12H14BrN3O. The zero-order valence-corrected chi connectivity index (χ0v) is 11.4. The highest BCUT2D eigenvalue weighted by Crippen LogP contribution is 2.32. The summed E-state index contributed by atoms with van der Waals surface area (Å²) >= 11 is 3.45. The summed E-state index contributed by atoms with van der Waals surface area (Å²) < 4.78 is 7.99. The number of nitrogens with zero attached hydrogens (tertiary/aromatic N) is 2. The number of benzene rings is 1. The van der Waals surface area contributed by atoms with E-state index >= 15 is 0 Å². The van der Waals surface area contributed by atoms with Crippen LogP contribution in [0.3, 0.4) is 0 Å². The van der Waals surface area contributed by atoms with Gasteiger partial charge in [0.1, 0.15) is 5.75 Å². The fourth-order valence-electron chi connectivity index (χ4n) is 1.71. The highest BCUT2D eigenvalue weighted by molar-refractivity contribution is 9.10. The van der Waals surface area contributed by atoms with Crippen LogP contribution in [0.2, 0.25) is 0 Å². The van der Waals surface area contributed by atoms with Crippen molar-refractivity contribution in [1.82, 2.24) is 9.78 Å². The van der Waals surface area contributed by atoms with Crippen LogP contribution in [0.15, 0.2) is 28.7 Å². The summed E-state index contributed by atoms with van der Waals surface area (Å²) in [5, 5.41) is 4.16. The molecule has 0 aliphatic carbocycles. The molecule has 90 valence electrons. The summed E-state index contributed by atoms with van der Waals surface area (Å²) in [7, 11) is 1.87. The van der Waals surface area contributed by atoms with Gasteiger partial charge < -0.3 is 10.5 Å². The maximum absolute atomic E-state index is 5.75. The first kappa shape index (κ1) is 12.0. The van der Waals surface area contributed by atoms with Crippen LogP contribution in [-0.4, -0.2) is 16.4 Å². The Labute approximate surface area is 109 Å². The zero-order chi connectivity index (χ0) is 12.4. The van der Waals surface area contributed by atoms with Crippen molar-refractivity contribution in [3.05, 3.63) is 28.7 Å². The summed E-state index contributed by atoms with van der Waals surface area (Å²) in [6, 6.07) is 7.86. The lowest BCUT2D eigenvalue weighted by molar-refractivity contribution is 0.340. The fraction of sp³-hybridized carbons (Fsp3) is 0.250. The molecule has 0 bridgehead atoms. The Morgan fingerprint density at radius 3 is 2.47 bits per heavy atom. The minimum Gasteiger partial charge on any atom is -0.494 e. The molecule has 0 spiro atoms. The van der Waals surface area contributed by atoms with Crippen molar-refractivity contribution < 1.29 is 4.74 Å². The highest BCUT2D eigenvalue weighted by atomic mass is 79.9. The Morgan fingerprint density at radius 2 is 2.00 bits per heavy atom. The normalized spacial score (nSPS) is 10.5. The third-order valence-electron chi connectivity index (χ3n) is 2.45. The maximum atomic E-state index is 5.75. The lowest BCUT2D eigenvalue weighted by Gasteiger charge is -2.06. The van der Waals surface area contributed by atoms with E-state index in [2.05, 4.69) is 21.0 Å². The average molecular weight is 296 g/mol. The van der Waals surface area contributed by atoms with Gasteiger partial charge >= 0.3 is 0 Å². The number of hydrogen-bond acceptors (Lipinski definition) is 3. The van der Waals surface area contributed by atoms with E-state index in [1.165, 1.54) is 0 Å². The molecule has 5 heteroatoms. The van der Waals surface area contributed by atoms with E-state index < -0.39 is 0 Å². The average Bonchev–Trinajstić information content (AvgIpc) is 2.55. The summed E-state index contributed by atoms with van der Waals surface area (Å²) in [5.41, 5.74) is 7.76. The molecule has 0 aliphatic rings. The molecule has 4 nitrogen and oxygen atoms in total. The quantitative estimate of drug-likeness (QED) is 0.947. The number of hydrogen-bond donors (Lipinski definition) is 1. The summed E-state index contributed by atoms with van der Waals surface area (Å²) in [6.45, 7) is 2.63. The number of aromatic nitrogens is 2. The Kier molecular flexibility index (Phi) is 3.38. The number of aryl methyl sites for hydroxylation is 1. The van der Waals surface area contributed by atoms with Gasteiger partial charge in [0.25, 0.3) is 0 Å². The molecule has 0 saturated carbocycles. The third kappa shape index (κ3) is 2.29.